The summed E-state index contributed by atoms with van der Waals surface area (Å²) < 4.78 is 28.3. The highest BCUT2D eigenvalue weighted by Crippen LogP contribution is 2.00. The van der Waals surface area contributed by atoms with Gasteiger partial charge in [0.1, 0.15) is 11.8 Å². The molecule has 0 saturated carbocycles. The van der Waals surface area contributed by atoms with Crippen molar-refractivity contribution in [1.82, 2.24) is 10.0 Å². The molecule has 0 aliphatic carbocycles. The summed E-state index contributed by atoms with van der Waals surface area (Å²) in [6.45, 7) is 1.73. The smallest absolute Gasteiger partial charge is 0.329 e. The average molecular weight is 222 g/mol. The van der Waals surface area contributed by atoms with Crippen LogP contribution in [0.15, 0.2) is 0 Å². The van der Waals surface area contributed by atoms with Gasteiger partial charge in [0.2, 0.25) is 10.0 Å². The van der Waals surface area contributed by atoms with Crippen molar-refractivity contribution < 1.29 is 22.7 Å². The van der Waals surface area contributed by atoms with Crippen molar-refractivity contribution in [2.24, 2.45) is 0 Å². The first-order valence-electron chi connectivity index (χ1n) is 3.92. The highest BCUT2D eigenvalue weighted by atomic mass is 32.2. The number of amides is 2. The van der Waals surface area contributed by atoms with Crippen molar-refractivity contribution in [1.29, 1.82) is 0 Å². The van der Waals surface area contributed by atoms with Gasteiger partial charge in [-0.2, -0.15) is 0 Å². The maximum Gasteiger partial charge on any atom is 0.329 e. The van der Waals surface area contributed by atoms with E-state index in [0.717, 1.165) is 0 Å². The fourth-order valence-electron chi connectivity index (χ4n) is 1.00. The largest absolute Gasteiger partial charge is 0.464 e. The molecule has 1 atom stereocenters. The molecular weight excluding hydrogens is 212 g/mol. The molecule has 2 amide bonds. The zero-order valence-electron chi connectivity index (χ0n) is 7.44. The number of hydrogen-bond acceptors (Lipinski definition) is 5. The van der Waals surface area contributed by atoms with E-state index in [-0.39, 0.29) is 6.61 Å². The number of esters is 1. The van der Waals surface area contributed by atoms with E-state index in [4.69, 9.17) is 0 Å². The molecule has 14 heavy (non-hydrogen) atoms. The molecule has 0 spiro atoms. The lowest BCUT2D eigenvalue weighted by atomic mass is 10.3. The number of sulfonamides is 1. The summed E-state index contributed by atoms with van der Waals surface area (Å²) in [6, 6.07) is -2.02. The van der Waals surface area contributed by atoms with Crippen LogP contribution < -0.4 is 10.0 Å². The van der Waals surface area contributed by atoms with Crippen LogP contribution in [0.2, 0.25) is 0 Å². The second-order valence-corrected chi connectivity index (χ2v) is 4.43. The molecule has 0 aromatic heterocycles. The molecule has 0 radical (unpaired) electrons. The van der Waals surface area contributed by atoms with Gasteiger partial charge in [-0.25, -0.2) is 22.7 Å². The van der Waals surface area contributed by atoms with Gasteiger partial charge in [-0.15, -0.1) is 0 Å². The predicted molar refractivity (Wildman–Crippen MR) is 45.9 cm³/mol. The normalized spacial score (nSPS) is 24.6. The molecule has 1 saturated heterocycles. The Morgan fingerprint density at radius 3 is 2.79 bits per heavy atom. The first-order chi connectivity index (χ1) is 6.44. The summed E-state index contributed by atoms with van der Waals surface area (Å²) in [4.78, 5) is 21.9. The molecule has 80 valence electrons. The molecule has 1 heterocycles. The topological polar surface area (TPSA) is 102 Å². The molecule has 2 N–H and O–H groups in total. The molecule has 1 fully saturated rings. The molecule has 1 aliphatic heterocycles. The van der Waals surface area contributed by atoms with Gasteiger partial charge in [0.15, 0.2) is 0 Å². The maximum absolute atomic E-state index is 11.1. The predicted octanol–water partition coefficient (Wildman–Crippen LogP) is -1.44. The van der Waals surface area contributed by atoms with Gasteiger partial charge < -0.3 is 10.1 Å². The Bertz CT molecular complexity index is 349. The van der Waals surface area contributed by atoms with Crippen molar-refractivity contribution in [2.75, 3.05) is 12.4 Å². The van der Waals surface area contributed by atoms with Crippen LogP contribution in [-0.4, -0.2) is 38.8 Å². The van der Waals surface area contributed by atoms with Crippen LogP contribution in [0.3, 0.4) is 0 Å². The third kappa shape index (κ3) is 2.59. The summed E-state index contributed by atoms with van der Waals surface area (Å²) in [5.41, 5.74) is 0. The van der Waals surface area contributed by atoms with Crippen LogP contribution in [0.25, 0.3) is 0 Å². The van der Waals surface area contributed by atoms with Crippen LogP contribution in [0.5, 0.6) is 0 Å². The second kappa shape index (κ2) is 3.82. The quantitative estimate of drug-likeness (QED) is 0.557. The first kappa shape index (κ1) is 10.8. The number of hydrogen-bond donors (Lipinski definition) is 2. The van der Waals surface area contributed by atoms with Crippen molar-refractivity contribution >= 4 is 22.0 Å². The Labute approximate surface area is 80.9 Å². The lowest BCUT2D eigenvalue weighted by molar-refractivity contribution is -0.144. The van der Waals surface area contributed by atoms with Gasteiger partial charge in [0.05, 0.1) is 6.61 Å². The Morgan fingerprint density at radius 2 is 2.29 bits per heavy atom. The maximum atomic E-state index is 11.1. The van der Waals surface area contributed by atoms with Gasteiger partial charge >= 0.3 is 12.0 Å². The summed E-state index contributed by atoms with van der Waals surface area (Å²) in [5.74, 6) is -1.23. The fraction of sp³-hybridized carbons (Fsp3) is 0.667. The fourth-order valence-corrected chi connectivity index (χ4v) is 2.08. The minimum Gasteiger partial charge on any atom is -0.464 e. The first-order valence-corrected chi connectivity index (χ1v) is 5.57. The third-order valence-corrected chi connectivity index (χ3v) is 2.78. The minimum absolute atomic E-state index is 0.138. The molecule has 8 heteroatoms. The van der Waals surface area contributed by atoms with Crippen LogP contribution in [0, 0.1) is 0 Å². The molecule has 0 aromatic carbocycles. The highest BCUT2D eigenvalue weighted by Gasteiger charge is 2.34. The SMILES string of the molecule is CCOC(=O)C1CS(=O)(=O)NC(=O)N1. The van der Waals surface area contributed by atoms with E-state index >= 15 is 0 Å². The van der Waals surface area contributed by atoms with Crippen LogP contribution in [0.4, 0.5) is 4.79 Å². The number of carbonyl (C=O) groups is 2. The zero-order valence-corrected chi connectivity index (χ0v) is 8.26. The van der Waals surface area contributed by atoms with Gasteiger partial charge in [-0.05, 0) is 6.92 Å². The molecule has 1 rings (SSSR count). The van der Waals surface area contributed by atoms with E-state index in [0.29, 0.717) is 0 Å². The van der Waals surface area contributed by atoms with E-state index in [1.807, 2.05) is 0 Å². The Kier molecular flexibility index (Phi) is 2.94. The lowest BCUT2D eigenvalue weighted by Gasteiger charge is -2.22. The van der Waals surface area contributed by atoms with Gasteiger partial charge in [-0.3, -0.25) is 0 Å². The van der Waals surface area contributed by atoms with Gasteiger partial charge in [0.25, 0.3) is 0 Å². The van der Waals surface area contributed by atoms with Gasteiger partial charge in [0, 0.05) is 0 Å². The average Bonchev–Trinajstić information content (AvgIpc) is 2.00. The van der Waals surface area contributed by atoms with E-state index in [9.17, 15) is 18.0 Å². The van der Waals surface area contributed by atoms with E-state index < -0.39 is 33.8 Å². The standard InChI is InChI=1S/C6H10N2O5S/c1-2-13-5(9)4-3-14(11,12)8-6(10)7-4/h4H,2-3H2,1H3,(H2,7,8,10). The van der Waals surface area contributed by atoms with Crippen LogP contribution >= 0.6 is 0 Å². The third-order valence-electron chi connectivity index (χ3n) is 1.51. The van der Waals surface area contributed by atoms with Crippen molar-refractivity contribution in [3.63, 3.8) is 0 Å². The van der Waals surface area contributed by atoms with E-state index in [1.165, 1.54) is 0 Å². The van der Waals surface area contributed by atoms with Crippen LogP contribution in [0.1, 0.15) is 6.92 Å². The summed E-state index contributed by atoms with van der Waals surface area (Å²) in [7, 11) is -3.71. The Morgan fingerprint density at radius 1 is 1.64 bits per heavy atom. The van der Waals surface area contributed by atoms with Crippen molar-refractivity contribution in [3.8, 4) is 0 Å². The summed E-state index contributed by atoms with van der Waals surface area (Å²) >= 11 is 0. The zero-order chi connectivity index (χ0) is 10.8. The monoisotopic (exact) mass is 222 g/mol. The second-order valence-electron chi connectivity index (χ2n) is 2.66. The molecule has 1 aliphatic rings. The van der Waals surface area contributed by atoms with E-state index in [2.05, 4.69) is 10.1 Å². The van der Waals surface area contributed by atoms with Crippen molar-refractivity contribution in [3.05, 3.63) is 0 Å². The Hall–Kier alpha value is -1.31. The number of carbonyl (C=O) groups excluding carboxylic acids is 2. The number of urea groups is 1. The Balaban J connectivity index is 2.72. The number of ether oxygens (including phenoxy) is 1. The summed E-state index contributed by atoms with van der Waals surface area (Å²) in [6.07, 6.45) is 0. The van der Waals surface area contributed by atoms with Crippen molar-refractivity contribution in [2.45, 2.75) is 13.0 Å². The lowest BCUT2D eigenvalue weighted by Crippen LogP contribution is -2.58. The molecule has 0 aromatic rings. The minimum atomic E-state index is -3.71. The van der Waals surface area contributed by atoms with Gasteiger partial charge in [-0.1, -0.05) is 0 Å². The number of rotatable bonds is 2. The molecule has 1 unspecified atom stereocenters. The van der Waals surface area contributed by atoms with Crippen LogP contribution in [-0.2, 0) is 19.6 Å². The molecule has 0 bridgehead atoms. The molecular formula is C6H10N2O5S. The van der Waals surface area contributed by atoms with E-state index in [1.54, 1.807) is 11.6 Å². The molecule has 7 nitrogen and oxygen atoms in total. The number of nitrogens with one attached hydrogen (secondary N) is 2. The summed E-state index contributed by atoms with van der Waals surface area (Å²) in [5, 5.41) is 2.15. The highest BCUT2D eigenvalue weighted by molar-refractivity contribution is 7.90.